The molecule has 2 aromatic carbocycles. The van der Waals surface area contributed by atoms with Gasteiger partial charge in [-0.1, -0.05) is 15.9 Å². The van der Waals surface area contributed by atoms with E-state index in [-0.39, 0.29) is 5.82 Å². The molecule has 0 spiro atoms. The van der Waals surface area contributed by atoms with Crippen LogP contribution in [0, 0.1) is 5.82 Å². The predicted molar refractivity (Wildman–Crippen MR) is 80.8 cm³/mol. The van der Waals surface area contributed by atoms with Gasteiger partial charge < -0.3 is 5.73 Å². The summed E-state index contributed by atoms with van der Waals surface area (Å²) in [6.45, 7) is 0. The largest absolute Gasteiger partial charge is 0.369 e. The molecule has 3 rings (SSSR count). The van der Waals surface area contributed by atoms with Gasteiger partial charge in [0.15, 0.2) is 0 Å². The van der Waals surface area contributed by atoms with Crippen LogP contribution in [0.25, 0.3) is 16.7 Å². The Kier molecular flexibility index (Phi) is 3.06. The maximum absolute atomic E-state index is 13.6. The second kappa shape index (κ2) is 4.61. The van der Waals surface area contributed by atoms with Crippen molar-refractivity contribution in [2.24, 2.45) is 0 Å². The van der Waals surface area contributed by atoms with Gasteiger partial charge in [0.05, 0.1) is 21.2 Å². The molecule has 0 aliphatic carbocycles. The molecule has 6 heteroatoms. The number of hydrogen-bond donors (Lipinski definition) is 1. The molecule has 0 fully saturated rings. The Balaban J connectivity index is 2.29. The van der Waals surface area contributed by atoms with Gasteiger partial charge in [-0.15, -0.1) is 0 Å². The fraction of sp³-hybridized carbons (Fsp3) is 0. The first-order valence-electron chi connectivity index (χ1n) is 5.45. The fourth-order valence-corrected chi connectivity index (χ4v) is 2.56. The number of nitrogen functional groups attached to an aromatic ring is 1. The van der Waals surface area contributed by atoms with Gasteiger partial charge in [0.1, 0.15) is 5.82 Å². The maximum atomic E-state index is 13.6. The van der Waals surface area contributed by atoms with Crippen LogP contribution in [-0.4, -0.2) is 9.55 Å². The van der Waals surface area contributed by atoms with Crippen molar-refractivity contribution in [3.8, 4) is 5.69 Å². The van der Waals surface area contributed by atoms with E-state index in [0.717, 1.165) is 15.5 Å². The summed E-state index contributed by atoms with van der Waals surface area (Å²) in [6.07, 6.45) is 0. The van der Waals surface area contributed by atoms with Crippen LogP contribution in [0.5, 0.6) is 0 Å². The molecule has 2 N–H and O–H groups in total. The molecule has 0 aliphatic heterocycles. The van der Waals surface area contributed by atoms with Crippen molar-refractivity contribution in [1.29, 1.82) is 0 Å². The standard InChI is InChI=1S/C13H8Br2FN3/c14-7-1-4-12-11(5-7)18-13(17)19(12)8-2-3-9(15)10(16)6-8/h1-6H,(H2,17,18). The summed E-state index contributed by atoms with van der Waals surface area (Å²) in [5, 5.41) is 0. The van der Waals surface area contributed by atoms with Gasteiger partial charge in [0.2, 0.25) is 5.95 Å². The number of nitrogens with two attached hydrogens (primary N) is 1. The predicted octanol–water partition coefficient (Wildman–Crippen LogP) is 4.27. The van der Waals surface area contributed by atoms with Gasteiger partial charge in [0, 0.05) is 4.47 Å². The molecular weight excluding hydrogens is 377 g/mol. The molecule has 96 valence electrons. The third-order valence-corrected chi connectivity index (χ3v) is 3.94. The van der Waals surface area contributed by atoms with Crippen molar-refractivity contribution in [2.45, 2.75) is 0 Å². The van der Waals surface area contributed by atoms with Crippen LogP contribution < -0.4 is 5.73 Å². The van der Waals surface area contributed by atoms with Crippen molar-refractivity contribution in [1.82, 2.24) is 9.55 Å². The monoisotopic (exact) mass is 383 g/mol. The molecule has 3 aromatic rings. The molecule has 0 radical (unpaired) electrons. The zero-order valence-corrected chi connectivity index (χ0v) is 12.7. The van der Waals surface area contributed by atoms with E-state index in [2.05, 4.69) is 36.8 Å². The Bertz CT molecular complexity index is 783. The molecule has 0 aliphatic rings. The van der Waals surface area contributed by atoms with E-state index < -0.39 is 0 Å². The lowest BCUT2D eigenvalue weighted by Crippen LogP contribution is -2.01. The fourth-order valence-electron chi connectivity index (χ4n) is 1.97. The van der Waals surface area contributed by atoms with Gasteiger partial charge in [-0.2, -0.15) is 0 Å². The molecule has 3 nitrogen and oxygen atoms in total. The second-order valence-corrected chi connectivity index (χ2v) is 5.81. The van der Waals surface area contributed by atoms with E-state index >= 15 is 0 Å². The summed E-state index contributed by atoms with van der Waals surface area (Å²) >= 11 is 6.52. The van der Waals surface area contributed by atoms with Crippen LogP contribution in [-0.2, 0) is 0 Å². The molecule has 1 aromatic heterocycles. The number of halogens is 3. The molecular formula is C13H8Br2FN3. The van der Waals surface area contributed by atoms with Crippen LogP contribution >= 0.6 is 31.9 Å². The van der Waals surface area contributed by atoms with Crippen LogP contribution in [0.1, 0.15) is 0 Å². The lowest BCUT2D eigenvalue weighted by Gasteiger charge is -2.07. The van der Waals surface area contributed by atoms with Crippen LogP contribution in [0.4, 0.5) is 10.3 Å². The van der Waals surface area contributed by atoms with Crippen molar-refractivity contribution >= 4 is 48.8 Å². The first kappa shape index (κ1) is 12.6. The highest BCUT2D eigenvalue weighted by molar-refractivity contribution is 9.10. The first-order valence-corrected chi connectivity index (χ1v) is 7.04. The maximum Gasteiger partial charge on any atom is 0.205 e. The van der Waals surface area contributed by atoms with E-state index in [1.807, 2.05) is 18.2 Å². The number of rotatable bonds is 1. The Morgan fingerprint density at radius 3 is 2.63 bits per heavy atom. The van der Waals surface area contributed by atoms with E-state index in [9.17, 15) is 4.39 Å². The smallest absolute Gasteiger partial charge is 0.205 e. The van der Waals surface area contributed by atoms with Crippen molar-refractivity contribution in [3.05, 3.63) is 51.2 Å². The summed E-state index contributed by atoms with van der Waals surface area (Å²) in [6, 6.07) is 10.5. The second-order valence-electron chi connectivity index (χ2n) is 4.04. The number of aromatic nitrogens is 2. The zero-order chi connectivity index (χ0) is 13.6. The summed E-state index contributed by atoms with van der Waals surface area (Å²) in [5.41, 5.74) is 8.16. The summed E-state index contributed by atoms with van der Waals surface area (Å²) in [7, 11) is 0. The minimum absolute atomic E-state index is 0.329. The SMILES string of the molecule is Nc1nc2cc(Br)ccc2n1-c1ccc(Br)c(F)c1. The first-order chi connectivity index (χ1) is 9.06. The molecule has 1 heterocycles. The summed E-state index contributed by atoms with van der Waals surface area (Å²) in [4.78, 5) is 4.28. The Labute approximate surface area is 125 Å². The Hall–Kier alpha value is -1.40. The lowest BCUT2D eigenvalue weighted by molar-refractivity contribution is 0.620. The van der Waals surface area contributed by atoms with E-state index in [0.29, 0.717) is 16.1 Å². The number of fused-ring (bicyclic) bond motifs is 1. The average molecular weight is 385 g/mol. The number of anilines is 1. The summed E-state index contributed by atoms with van der Waals surface area (Å²) < 4.78 is 16.7. The quantitative estimate of drug-likeness (QED) is 0.680. The van der Waals surface area contributed by atoms with Crippen LogP contribution in [0.2, 0.25) is 0 Å². The molecule has 0 saturated carbocycles. The highest BCUT2D eigenvalue weighted by atomic mass is 79.9. The molecule has 0 saturated heterocycles. The van der Waals surface area contributed by atoms with Gasteiger partial charge in [-0.05, 0) is 52.3 Å². The molecule has 0 bridgehead atoms. The molecule has 0 amide bonds. The number of imidazole rings is 1. The van der Waals surface area contributed by atoms with E-state index in [1.165, 1.54) is 6.07 Å². The van der Waals surface area contributed by atoms with Gasteiger partial charge >= 0.3 is 0 Å². The van der Waals surface area contributed by atoms with Crippen molar-refractivity contribution < 1.29 is 4.39 Å². The Morgan fingerprint density at radius 1 is 1.11 bits per heavy atom. The van der Waals surface area contributed by atoms with Gasteiger partial charge in [0.25, 0.3) is 0 Å². The van der Waals surface area contributed by atoms with Gasteiger partial charge in [-0.25, -0.2) is 9.37 Å². The third kappa shape index (κ3) is 2.15. The van der Waals surface area contributed by atoms with Crippen LogP contribution in [0.15, 0.2) is 45.3 Å². The third-order valence-electron chi connectivity index (χ3n) is 2.80. The van der Waals surface area contributed by atoms with Gasteiger partial charge in [-0.3, -0.25) is 4.57 Å². The number of benzene rings is 2. The highest BCUT2D eigenvalue weighted by Gasteiger charge is 2.11. The molecule has 0 unspecified atom stereocenters. The van der Waals surface area contributed by atoms with Crippen molar-refractivity contribution in [3.63, 3.8) is 0 Å². The van der Waals surface area contributed by atoms with E-state index in [1.54, 1.807) is 16.7 Å². The number of nitrogens with zero attached hydrogens (tertiary/aromatic N) is 2. The zero-order valence-electron chi connectivity index (χ0n) is 9.57. The average Bonchev–Trinajstić information content (AvgIpc) is 2.68. The lowest BCUT2D eigenvalue weighted by atomic mass is 10.2. The Morgan fingerprint density at radius 2 is 1.89 bits per heavy atom. The molecule has 19 heavy (non-hydrogen) atoms. The van der Waals surface area contributed by atoms with Crippen molar-refractivity contribution in [2.75, 3.05) is 5.73 Å². The molecule has 0 atom stereocenters. The minimum Gasteiger partial charge on any atom is -0.369 e. The van der Waals surface area contributed by atoms with Crippen LogP contribution in [0.3, 0.4) is 0 Å². The van der Waals surface area contributed by atoms with E-state index in [4.69, 9.17) is 5.73 Å². The highest BCUT2D eigenvalue weighted by Crippen LogP contribution is 2.27. The normalized spacial score (nSPS) is 11.1. The topological polar surface area (TPSA) is 43.8 Å². The minimum atomic E-state index is -0.337. The number of hydrogen-bond acceptors (Lipinski definition) is 2. The summed E-state index contributed by atoms with van der Waals surface area (Å²) in [5.74, 6) is -0.00863.